The average Bonchev–Trinajstić information content (AvgIpc) is 4.10. The summed E-state index contributed by atoms with van der Waals surface area (Å²) < 4.78 is 32.7. The van der Waals surface area contributed by atoms with Crippen LogP contribution in [-0.4, -0.2) is 116 Å². The zero-order chi connectivity index (χ0) is 51.5. The Morgan fingerprint density at radius 1 is 0.918 bits per heavy atom. The number of nitrogens with zero attached hydrogens (tertiary/aromatic N) is 9. The fraction of sp³-hybridized carbons (Fsp3) is 0.333. The fourth-order valence-corrected chi connectivity index (χ4v) is 10.5. The van der Waals surface area contributed by atoms with Crippen molar-refractivity contribution >= 4 is 68.4 Å². The SMILES string of the molecule is COC(=O)CC1N=C(c2ccc(Cl)cc2)c2c(sc(C(=O)NCCOCCOCCNC(=O)Cn3c(=O)n(C(C)c4ccccn4)c4c5cc(OC)c(-c6c(C)noc6C)cc5ncc43)c2C)-n2c(C)nnc21. The molecule has 378 valence electrons. The van der Waals surface area contributed by atoms with Crippen molar-refractivity contribution in [1.82, 2.24) is 49.7 Å². The number of pyridine rings is 2. The molecule has 2 amide bonds. The maximum Gasteiger partial charge on any atom is 0.330 e. The van der Waals surface area contributed by atoms with Crippen LogP contribution in [0.5, 0.6) is 5.75 Å². The highest BCUT2D eigenvalue weighted by molar-refractivity contribution is 7.17. The van der Waals surface area contributed by atoms with Gasteiger partial charge in [0.05, 0.1) is 103 Å². The first-order valence-electron chi connectivity index (χ1n) is 23.4. The van der Waals surface area contributed by atoms with Crippen molar-refractivity contribution in [3.05, 3.63) is 133 Å². The van der Waals surface area contributed by atoms with Crippen molar-refractivity contribution in [2.75, 3.05) is 53.7 Å². The first-order chi connectivity index (χ1) is 35.3. The zero-order valence-corrected chi connectivity index (χ0v) is 42.7. The number of benzene rings is 2. The van der Waals surface area contributed by atoms with Crippen LogP contribution in [0.3, 0.4) is 0 Å². The Morgan fingerprint density at radius 3 is 2.36 bits per heavy atom. The predicted octanol–water partition coefficient (Wildman–Crippen LogP) is 6.58. The average molecular weight is 1030 g/mol. The van der Waals surface area contributed by atoms with E-state index in [2.05, 4.69) is 31.0 Å². The number of fused-ring (bicyclic) bond motifs is 6. The zero-order valence-electron chi connectivity index (χ0n) is 41.1. The summed E-state index contributed by atoms with van der Waals surface area (Å²) in [6, 6.07) is 15.3. The Kier molecular flexibility index (Phi) is 14.9. The van der Waals surface area contributed by atoms with Gasteiger partial charge in [-0.05, 0) is 76.6 Å². The van der Waals surface area contributed by atoms with Crippen LogP contribution in [0.15, 0.2) is 81.3 Å². The van der Waals surface area contributed by atoms with Crippen molar-refractivity contribution in [3.8, 4) is 21.9 Å². The molecule has 1 aliphatic heterocycles. The van der Waals surface area contributed by atoms with E-state index in [9.17, 15) is 19.2 Å². The van der Waals surface area contributed by atoms with E-state index in [-0.39, 0.29) is 64.3 Å². The van der Waals surface area contributed by atoms with Crippen molar-refractivity contribution in [2.45, 2.75) is 59.7 Å². The normalized spacial score (nSPS) is 13.6. The van der Waals surface area contributed by atoms with Gasteiger partial charge in [0.1, 0.15) is 34.9 Å². The molecule has 7 heterocycles. The molecule has 0 saturated heterocycles. The quantitative estimate of drug-likeness (QED) is 0.0643. The molecule has 6 aromatic heterocycles. The maximum absolute atomic E-state index is 14.4. The largest absolute Gasteiger partial charge is 0.496 e. The van der Waals surface area contributed by atoms with Gasteiger partial charge in [0.2, 0.25) is 5.91 Å². The molecular formula is C51H52ClN11O9S. The van der Waals surface area contributed by atoms with Crippen LogP contribution in [0.2, 0.25) is 5.02 Å². The second kappa shape index (κ2) is 21.6. The summed E-state index contributed by atoms with van der Waals surface area (Å²) in [4.78, 5) is 68.9. The predicted molar refractivity (Wildman–Crippen MR) is 273 cm³/mol. The lowest BCUT2D eigenvalue weighted by molar-refractivity contribution is -0.141. The van der Waals surface area contributed by atoms with Gasteiger partial charge < -0.3 is 34.1 Å². The summed E-state index contributed by atoms with van der Waals surface area (Å²) in [5.74, 6) is 1.08. The lowest BCUT2D eigenvalue weighted by Crippen LogP contribution is -2.35. The number of rotatable bonds is 19. The Hall–Kier alpha value is -7.59. The van der Waals surface area contributed by atoms with Crippen LogP contribution in [0, 0.1) is 27.7 Å². The second-order valence-electron chi connectivity index (χ2n) is 17.2. The van der Waals surface area contributed by atoms with Crippen LogP contribution in [0.25, 0.3) is 38.1 Å². The van der Waals surface area contributed by atoms with E-state index in [0.717, 1.165) is 22.3 Å². The molecule has 0 bridgehead atoms. The summed E-state index contributed by atoms with van der Waals surface area (Å²) >= 11 is 7.53. The van der Waals surface area contributed by atoms with E-state index >= 15 is 0 Å². The molecule has 2 atom stereocenters. The number of hydrogen-bond acceptors (Lipinski definition) is 16. The fourth-order valence-electron chi connectivity index (χ4n) is 9.05. The summed E-state index contributed by atoms with van der Waals surface area (Å²) in [6.45, 7) is 10.3. The van der Waals surface area contributed by atoms with Crippen molar-refractivity contribution in [3.63, 3.8) is 0 Å². The number of thiophene rings is 1. The smallest absolute Gasteiger partial charge is 0.330 e. The Labute approximate surface area is 427 Å². The Balaban J connectivity index is 0.803. The molecule has 9 rings (SSSR count). The van der Waals surface area contributed by atoms with E-state index < -0.39 is 23.7 Å². The number of aromatic nitrogens is 8. The number of hydrogen-bond donors (Lipinski definition) is 2. The third-order valence-corrected chi connectivity index (χ3v) is 14.1. The van der Waals surface area contributed by atoms with Crippen molar-refractivity contribution in [1.29, 1.82) is 0 Å². The molecule has 2 unspecified atom stereocenters. The number of nitrogens with one attached hydrogen (secondary N) is 2. The van der Waals surface area contributed by atoms with Gasteiger partial charge in [0.25, 0.3) is 5.91 Å². The number of halogens is 1. The number of carbonyl (C=O) groups is 3. The van der Waals surface area contributed by atoms with Gasteiger partial charge >= 0.3 is 11.7 Å². The lowest BCUT2D eigenvalue weighted by atomic mass is 9.99. The molecule has 0 radical (unpaired) electrons. The first-order valence-corrected chi connectivity index (χ1v) is 24.6. The van der Waals surface area contributed by atoms with Gasteiger partial charge in [0, 0.05) is 46.4 Å². The molecule has 0 aliphatic carbocycles. The van der Waals surface area contributed by atoms with Crippen LogP contribution in [0.4, 0.5) is 0 Å². The lowest BCUT2D eigenvalue weighted by Gasteiger charge is -2.15. The van der Waals surface area contributed by atoms with Crippen LogP contribution in [-0.2, 0) is 30.3 Å². The third kappa shape index (κ3) is 10.00. The van der Waals surface area contributed by atoms with Crippen LogP contribution in [0.1, 0.15) is 80.6 Å². The molecule has 22 heteroatoms. The molecule has 1 aliphatic rings. The molecule has 2 N–H and O–H groups in total. The van der Waals surface area contributed by atoms with Gasteiger partial charge in [-0.2, -0.15) is 0 Å². The van der Waals surface area contributed by atoms with Gasteiger partial charge in [0.15, 0.2) is 5.82 Å². The summed E-state index contributed by atoms with van der Waals surface area (Å²) in [6.07, 6.45) is 3.23. The first kappa shape index (κ1) is 50.4. The highest BCUT2D eigenvalue weighted by atomic mass is 35.5. The highest BCUT2D eigenvalue weighted by Gasteiger charge is 2.34. The minimum atomic E-state index is -0.691. The topological polar surface area (TPSA) is 234 Å². The molecule has 2 aromatic carbocycles. The molecule has 0 spiro atoms. The molecule has 73 heavy (non-hydrogen) atoms. The Morgan fingerprint density at radius 2 is 1.67 bits per heavy atom. The number of imidazole rings is 1. The molecule has 20 nitrogen and oxygen atoms in total. The molecule has 0 fully saturated rings. The van der Waals surface area contributed by atoms with Crippen molar-refractivity contribution in [2.24, 2.45) is 4.99 Å². The van der Waals surface area contributed by atoms with E-state index in [4.69, 9.17) is 45.0 Å². The monoisotopic (exact) mass is 1030 g/mol. The van der Waals surface area contributed by atoms with Gasteiger partial charge in [-0.15, -0.1) is 21.5 Å². The number of ether oxygens (including phenoxy) is 4. The summed E-state index contributed by atoms with van der Waals surface area (Å²) in [7, 11) is 2.90. The molecule has 8 aromatic rings. The standard InChI is InChI=1S/C51H52ClN11O9S/c1-27-43-45(32-11-13-33(52)14-12-32)57-38(24-42(65)69-7)48-59-58-31(5)63(48)50(43)73-47(27)49(66)55-17-19-71-21-20-70-18-16-54-41(64)26-61-39-25-56-37-22-35(44-28(2)60-72-30(44)4)40(68-6)23-34(37)46(39)62(51(61)67)29(3)36-10-8-9-15-53-36/h8-15,22-23,25,29,38H,16-21,24,26H2,1-7H3,(H,54,64)(H,55,66). The van der Waals surface area contributed by atoms with Gasteiger partial charge in [-0.3, -0.25) is 43.0 Å². The van der Waals surface area contributed by atoms with E-state index in [1.165, 1.54) is 23.0 Å². The third-order valence-electron chi connectivity index (χ3n) is 12.6. The number of carbonyl (C=O) groups excluding carboxylic acids is 3. The highest BCUT2D eigenvalue weighted by Crippen LogP contribution is 2.41. The number of aliphatic imine (C=N–C) groups is 1. The van der Waals surface area contributed by atoms with Crippen molar-refractivity contribution < 1.29 is 37.9 Å². The summed E-state index contributed by atoms with van der Waals surface area (Å²) in [5.41, 5.74) is 6.95. The number of aryl methyl sites for hydroxylation is 3. The molecular weight excluding hydrogens is 978 g/mol. The van der Waals surface area contributed by atoms with E-state index in [0.29, 0.717) is 82.7 Å². The van der Waals surface area contributed by atoms with E-state index in [1.807, 2.05) is 81.7 Å². The molecule has 0 saturated carbocycles. The van der Waals surface area contributed by atoms with Gasteiger partial charge in [-0.1, -0.05) is 35.0 Å². The number of amides is 2. The number of esters is 1. The van der Waals surface area contributed by atoms with Crippen LogP contribution < -0.4 is 21.1 Å². The minimum absolute atomic E-state index is 0.0535. The minimum Gasteiger partial charge on any atom is -0.496 e. The Bertz CT molecular complexity index is 3450. The van der Waals surface area contributed by atoms with E-state index in [1.54, 1.807) is 36.2 Å². The van der Waals surface area contributed by atoms with Gasteiger partial charge in [-0.25, -0.2) is 4.79 Å². The second-order valence-corrected chi connectivity index (χ2v) is 18.7. The summed E-state index contributed by atoms with van der Waals surface area (Å²) in [5, 5.41) is 20.5. The maximum atomic E-state index is 14.4. The van der Waals surface area contributed by atoms with Crippen LogP contribution >= 0.6 is 22.9 Å². The number of methoxy groups -OCH3 is 2.